The second-order valence-electron chi connectivity index (χ2n) is 3.59. The molecule has 0 fully saturated rings. The van der Waals surface area contributed by atoms with E-state index in [4.69, 9.17) is 10.5 Å². The third kappa shape index (κ3) is 2.49. The van der Waals surface area contributed by atoms with Gasteiger partial charge in [-0.05, 0) is 25.5 Å². The summed E-state index contributed by atoms with van der Waals surface area (Å²) in [6, 6.07) is 3.67. The van der Waals surface area contributed by atoms with Crippen molar-refractivity contribution in [2.24, 2.45) is 0 Å². The fourth-order valence-corrected chi connectivity index (χ4v) is 1.56. The first-order chi connectivity index (χ1) is 7.79. The second kappa shape index (κ2) is 4.94. The fourth-order valence-electron chi connectivity index (χ4n) is 1.56. The van der Waals surface area contributed by atoms with Crippen molar-refractivity contribution >= 4 is 17.0 Å². The van der Waals surface area contributed by atoms with Crippen LogP contribution in [0.5, 0.6) is 0 Å². The van der Waals surface area contributed by atoms with Gasteiger partial charge in [0.15, 0.2) is 5.65 Å². The zero-order valence-electron chi connectivity index (χ0n) is 9.36. The first-order valence-electron chi connectivity index (χ1n) is 5.48. The molecule has 5 nitrogen and oxygen atoms in total. The van der Waals surface area contributed by atoms with E-state index >= 15 is 0 Å². The number of aromatic amines is 1. The molecule has 0 aromatic carbocycles. The van der Waals surface area contributed by atoms with Crippen LogP contribution in [0.25, 0.3) is 11.2 Å². The van der Waals surface area contributed by atoms with Gasteiger partial charge in [0, 0.05) is 19.6 Å². The summed E-state index contributed by atoms with van der Waals surface area (Å²) in [5.74, 6) is 1.44. The smallest absolute Gasteiger partial charge is 0.179 e. The largest absolute Gasteiger partial charge is 0.384 e. The molecule has 0 aliphatic rings. The van der Waals surface area contributed by atoms with Crippen LogP contribution >= 0.6 is 0 Å². The van der Waals surface area contributed by atoms with E-state index < -0.39 is 0 Å². The Hall–Kier alpha value is -1.62. The van der Waals surface area contributed by atoms with Crippen molar-refractivity contribution in [1.82, 2.24) is 15.0 Å². The number of aryl methyl sites for hydroxylation is 1. The van der Waals surface area contributed by atoms with E-state index in [9.17, 15) is 0 Å². The predicted octanol–water partition coefficient (Wildman–Crippen LogP) is 1.51. The molecule has 0 unspecified atom stereocenters. The molecule has 0 aliphatic carbocycles. The molecule has 0 amide bonds. The number of ether oxygens (including phenoxy) is 1. The summed E-state index contributed by atoms with van der Waals surface area (Å²) in [5, 5.41) is 0. The minimum absolute atomic E-state index is 0.500. The summed E-state index contributed by atoms with van der Waals surface area (Å²) in [5.41, 5.74) is 7.21. The molecule has 0 bridgehead atoms. The molecular weight excluding hydrogens is 204 g/mol. The highest BCUT2D eigenvalue weighted by molar-refractivity contribution is 5.72. The predicted molar refractivity (Wildman–Crippen MR) is 63.1 cm³/mol. The molecule has 5 heteroatoms. The van der Waals surface area contributed by atoms with Crippen molar-refractivity contribution in [2.75, 3.05) is 18.9 Å². The molecule has 0 saturated heterocycles. The van der Waals surface area contributed by atoms with Gasteiger partial charge in [0.25, 0.3) is 0 Å². The SMILES string of the molecule is CCOCCCc1nc2nc(N)ccc2[nH]1. The van der Waals surface area contributed by atoms with Crippen molar-refractivity contribution in [2.45, 2.75) is 19.8 Å². The maximum absolute atomic E-state index is 5.59. The van der Waals surface area contributed by atoms with Crippen LogP contribution in [0.2, 0.25) is 0 Å². The molecule has 0 radical (unpaired) electrons. The average molecular weight is 220 g/mol. The monoisotopic (exact) mass is 220 g/mol. The number of imidazole rings is 1. The Balaban J connectivity index is 2.02. The summed E-state index contributed by atoms with van der Waals surface area (Å²) in [4.78, 5) is 11.7. The number of pyridine rings is 1. The minimum Gasteiger partial charge on any atom is -0.384 e. The fraction of sp³-hybridized carbons (Fsp3) is 0.455. The quantitative estimate of drug-likeness (QED) is 0.749. The lowest BCUT2D eigenvalue weighted by Crippen LogP contribution is -1.97. The number of nitrogen functional groups attached to an aromatic ring is 1. The van der Waals surface area contributed by atoms with Gasteiger partial charge in [-0.25, -0.2) is 9.97 Å². The standard InChI is InChI=1S/C11H16N4O/c1-2-16-7-3-4-10-13-8-5-6-9(12)14-11(8)15-10/h5-6H,2-4,7H2,1H3,(H3,12,13,14,15). The highest BCUT2D eigenvalue weighted by Gasteiger charge is 2.03. The number of hydrogen-bond donors (Lipinski definition) is 2. The highest BCUT2D eigenvalue weighted by Crippen LogP contribution is 2.11. The number of hydrogen-bond acceptors (Lipinski definition) is 4. The van der Waals surface area contributed by atoms with Gasteiger partial charge in [-0.1, -0.05) is 0 Å². The number of nitrogens with one attached hydrogen (secondary N) is 1. The van der Waals surface area contributed by atoms with Crippen LogP contribution in [-0.4, -0.2) is 28.2 Å². The molecule has 0 spiro atoms. The molecule has 2 aromatic heterocycles. The molecule has 3 N–H and O–H groups in total. The van der Waals surface area contributed by atoms with Gasteiger partial charge < -0.3 is 15.5 Å². The van der Waals surface area contributed by atoms with Crippen LogP contribution in [0.1, 0.15) is 19.2 Å². The van der Waals surface area contributed by atoms with Crippen LogP contribution in [-0.2, 0) is 11.2 Å². The van der Waals surface area contributed by atoms with E-state index in [-0.39, 0.29) is 0 Å². The van der Waals surface area contributed by atoms with Crippen molar-refractivity contribution in [3.63, 3.8) is 0 Å². The Morgan fingerprint density at radius 1 is 1.38 bits per heavy atom. The number of aromatic nitrogens is 3. The zero-order chi connectivity index (χ0) is 11.4. The minimum atomic E-state index is 0.500. The van der Waals surface area contributed by atoms with Gasteiger partial charge in [-0.15, -0.1) is 0 Å². The number of rotatable bonds is 5. The van der Waals surface area contributed by atoms with Crippen LogP contribution in [0.15, 0.2) is 12.1 Å². The zero-order valence-corrected chi connectivity index (χ0v) is 9.36. The molecule has 0 saturated carbocycles. The van der Waals surface area contributed by atoms with Crippen molar-refractivity contribution in [3.8, 4) is 0 Å². The Bertz CT molecular complexity index is 466. The van der Waals surface area contributed by atoms with E-state index in [2.05, 4.69) is 15.0 Å². The van der Waals surface area contributed by atoms with Crippen LogP contribution in [0.3, 0.4) is 0 Å². The Morgan fingerprint density at radius 2 is 2.25 bits per heavy atom. The summed E-state index contributed by atoms with van der Waals surface area (Å²) < 4.78 is 5.27. The molecule has 2 aromatic rings. The number of fused-ring (bicyclic) bond motifs is 1. The van der Waals surface area contributed by atoms with Crippen LogP contribution < -0.4 is 5.73 Å². The van der Waals surface area contributed by atoms with Crippen molar-refractivity contribution in [3.05, 3.63) is 18.0 Å². The van der Waals surface area contributed by atoms with Crippen LogP contribution in [0, 0.1) is 0 Å². The summed E-state index contributed by atoms with van der Waals surface area (Å²) >= 11 is 0. The maximum atomic E-state index is 5.59. The van der Waals surface area contributed by atoms with Gasteiger partial charge in [-0.3, -0.25) is 0 Å². The summed E-state index contributed by atoms with van der Waals surface area (Å²) in [7, 11) is 0. The van der Waals surface area contributed by atoms with Crippen molar-refractivity contribution < 1.29 is 4.74 Å². The van der Waals surface area contributed by atoms with E-state index in [1.54, 1.807) is 6.07 Å². The number of H-pyrrole nitrogens is 1. The molecule has 2 rings (SSSR count). The molecule has 16 heavy (non-hydrogen) atoms. The van der Waals surface area contributed by atoms with E-state index in [1.165, 1.54) is 0 Å². The summed E-state index contributed by atoms with van der Waals surface area (Å²) in [6.45, 7) is 3.52. The Kier molecular flexibility index (Phi) is 3.36. The van der Waals surface area contributed by atoms with Crippen LogP contribution in [0.4, 0.5) is 5.82 Å². The normalized spacial score (nSPS) is 11.1. The van der Waals surface area contributed by atoms with E-state index in [1.807, 2.05) is 13.0 Å². The number of nitrogens with zero attached hydrogens (tertiary/aromatic N) is 2. The Morgan fingerprint density at radius 3 is 3.06 bits per heavy atom. The van der Waals surface area contributed by atoms with Gasteiger partial charge in [-0.2, -0.15) is 0 Å². The topological polar surface area (TPSA) is 76.8 Å². The van der Waals surface area contributed by atoms with E-state index in [0.29, 0.717) is 11.5 Å². The molecule has 0 aliphatic heterocycles. The molecule has 2 heterocycles. The highest BCUT2D eigenvalue weighted by atomic mass is 16.5. The molecule has 0 atom stereocenters. The lowest BCUT2D eigenvalue weighted by molar-refractivity contribution is 0.145. The third-order valence-electron chi connectivity index (χ3n) is 2.32. The van der Waals surface area contributed by atoms with E-state index in [0.717, 1.165) is 37.4 Å². The maximum Gasteiger partial charge on any atom is 0.179 e. The van der Waals surface area contributed by atoms with Crippen molar-refractivity contribution in [1.29, 1.82) is 0 Å². The molecular formula is C11H16N4O. The lowest BCUT2D eigenvalue weighted by Gasteiger charge is -1.98. The number of anilines is 1. The molecule has 86 valence electrons. The summed E-state index contributed by atoms with van der Waals surface area (Å²) in [6.07, 6.45) is 1.83. The first kappa shape index (κ1) is 10.9. The van der Waals surface area contributed by atoms with Gasteiger partial charge >= 0.3 is 0 Å². The van der Waals surface area contributed by atoms with Gasteiger partial charge in [0.2, 0.25) is 0 Å². The van der Waals surface area contributed by atoms with Gasteiger partial charge in [0.05, 0.1) is 5.52 Å². The average Bonchev–Trinajstić information content (AvgIpc) is 2.66. The second-order valence-corrected chi connectivity index (χ2v) is 3.59. The first-order valence-corrected chi connectivity index (χ1v) is 5.48. The third-order valence-corrected chi connectivity index (χ3v) is 2.32. The number of nitrogens with two attached hydrogens (primary N) is 1. The lowest BCUT2D eigenvalue weighted by atomic mass is 10.3. The Labute approximate surface area is 94.0 Å². The van der Waals surface area contributed by atoms with Gasteiger partial charge in [0.1, 0.15) is 11.6 Å².